The summed E-state index contributed by atoms with van der Waals surface area (Å²) in [6.45, 7) is 4.93. The number of hydrogen-bond donors (Lipinski definition) is 8. The molecule has 590 valence electrons. The van der Waals surface area contributed by atoms with E-state index in [1.807, 2.05) is 122 Å². The summed E-state index contributed by atoms with van der Waals surface area (Å²) in [6, 6.07) is 46.2. The van der Waals surface area contributed by atoms with E-state index in [-0.39, 0.29) is 83.8 Å². The van der Waals surface area contributed by atoms with E-state index in [2.05, 4.69) is 76.9 Å². The normalized spacial score (nSPS) is 10.5. The molecule has 37 heteroatoms. The number of amides is 5. The van der Waals surface area contributed by atoms with Gasteiger partial charge in [-0.2, -0.15) is 15.0 Å². The summed E-state index contributed by atoms with van der Waals surface area (Å²) in [5.74, 6) is -0.498. The number of aromatic nitrogens is 12. The second-order valence-corrected chi connectivity index (χ2v) is 27.6. The molecule has 11 N–H and O–H groups in total. The lowest BCUT2D eigenvalue weighted by Gasteiger charge is -2.09. The van der Waals surface area contributed by atoms with Gasteiger partial charge in [0.05, 0.1) is 25.7 Å². The highest BCUT2D eigenvalue weighted by Gasteiger charge is 2.31. The molecule has 0 fully saturated rings. The zero-order valence-electron chi connectivity index (χ0n) is 61.2. The number of rotatable bonds is 31. The van der Waals surface area contributed by atoms with Crippen LogP contribution >= 0.6 is 45.6 Å². The molecule has 0 aliphatic heterocycles. The van der Waals surface area contributed by atoms with Crippen molar-refractivity contribution in [2.75, 3.05) is 39.4 Å². The van der Waals surface area contributed by atoms with Gasteiger partial charge < -0.3 is 48.3 Å². The summed E-state index contributed by atoms with van der Waals surface area (Å²) in [5.41, 5.74) is 9.51. The van der Waals surface area contributed by atoms with E-state index in [1.165, 1.54) is 66.8 Å². The summed E-state index contributed by atoms with van der Waals surface area (Å²) in [7, 11) is 1.00. The van der Waals surface area contributed by atoms with Crippen molar-refractivity contribution in [1.82, 2.24) is 65.4 Å². The van der Waals surface area contributed by atoms with Crippen LogP contribution in [0.2, 0.25) is 0 Å². The minimum atomic E-state index is -4.73. The fourth-order valence-electron chi connectivity index (χ4n) is 10.1. The molecule has 0 bridgehead atoms. The molecule has 5 aromatic carbocycles. The van der Waals surface area contributed by atoms with Crippen molar-refractivity contribution in [3.8, 4) is 5.75 Å². The Morgan fingerprint density at radius 1 is 0.455 bits per heavy atom. The average molecular weight is 1620 g/mol. The first-order valence-electron chi connectivity index (χ1n) is 34.5. The van der Waals surface area contributed by atoms with Gasteiger partial charge in [0.25, 0.3) is 0 Å². The number of aliphatic hydroxyl groups excluding tert-OH is 1. The van der Waals surface area contributed by atoms with E-state index in [1.54, 1.807) is 36.8 Å². The van der Waals surface area contributed by atoms with Crippen LogP contribution in [0.1, 0.15) is 93.9 Å². The fraction of sp³-hybridized carbons (Fsp3) is 0.280. The molecule has 0 unspecified atom stereocenters. The number of halogens is 4. The molecule has 0 saturated heterocycles. The molecule has 11 aromatic rings. The van der Waals surface area contributed by atoms with E-state index in [4.69, 9.17) is 22.4 Å². The van der Waals surface area contributed by atoms with Gasteiger partial charge in [-0.3, -0.25) is 42.5 Å². The standard InChI is InChI=1S/C27H28N6O3S.C20H22N6O3S.C18H20N6O2S.C9H6ClF3O2.CH4O.H3N/c1-19-8-7-11-21(16-19)18-23(34)28-22-13-15-33(27(36)29-22)14-6-5-12-25-31-32-26(37-25)30-24(35)17-20-9-3-2-4-10-20;1-14(27)21-16-10-12-26(20(29)22-16)11-6-5-9-18-24-25-19(30-18)23-17(28)13-15-7-3-2-4-8-15;19-14-9-11-24(18(26)20-14)10-5-4-8-16-22-23-17(27-16)21-15(25)12-13-6-2-1-3-7-13;10-8(14)5-6-2-1-3-7(4-6)15-9(11,12)13;1-2;/h2-4,7-11,13,15-16H,5-6,12,14,17-18H2,1H3,(H,30,32,35)(H,28,29,34,36);2-4,7-8,10,12H,5-6,9,11,13H2,1H3,(H,23,25,28)(H,21,22,27,29);1-3,6-7,9,11H,4-5,8,10,12H2,(H2,19,20,26)(H,21,23,25);1-4H,5H2;2H,1H3;1H3. The maximum atomic E-state index is 12.4. The summed E-state index contributed by atoms with van der Waals surface area (Å²) < 4.78 is 43.7. The minimum absolute atomic E-state index is 0. The molecule has 0 spiro atoms. The third-order valence-corrected chi connectivity index (χ3v) is 17.8. The number of nitrogens with zero attached hydrogens (tertiary/aromatic N) is 12. The predicted molar refractivity (Wildman–Crippen MR) is 423 cm³/mol. The number of aliphatic hydroxyl groups is 1. The van der Waals surface area contributed by atoms with Crippen LogP contribution in [-0.2, 0) is 99.8 Å². The van der Waals surface area contributed by atoms with Crippen molar-refractivity contribution >= 4 is 113 Å². The number of nitrogens with two attached hydrogens (primary N) is 1. The highest BCUT2D eigenvalue weighted by Crippen LogP contribution is 2.25. The first kappa shape index (κ1) is 88.9. The average Bonchev–Trinajstić information content (AvgIpc) is 0.922. The smallest absolute Gasteiger partial charge is 0.406 e. The van der Waals surface area contributed by atoms with Crippen molar-refractivity contribution in [3.63, 3.8) is 0 Å². The molecule has 0 aliphatic rings. The topological polar surface area (TPSA) is 435 Å². The van der Waals surface area contributed by atoms with Gasteiger partial charge in [0.1, 0.15) is 38.2 Å². The Morgan fingerprint density at radius 2 is 0.812 bits per heavy atom. The molecule has 0 atom stereocenters. The molecule has 0 saturated carbocycles. The zero-order chi connectivity index (χ0) is 79.9. The quantitative estimate of drug-likeness (QED) is 0.0148. The lowest BCUT2D eigenvalue weighted by Crippen LogP contribution is -2.25. The van der Waals surface area contributed by atoms with E-state index in [9.17, 15) is 56.3 Å². The Labute approximate surface area is 657 Å². The zero-order valence-corrected chi connectivity index (χ0v) is 64.4. The molecule has 5 amide bonds. The van der Waals surface area contributed by atoms with Gasteiger partial charge in [-0.05, 0) is 115 Å². The van der Waals surface area contributed by atoms with Crippen LogP contribution in [0.3, 0.4) is 0 Å². The summed E-state index contributed by atoms with van der Waals surface area (Å²) in [4.78, 5) is 118. The maximum absolute atomic E-state index is 12.4. The molecule has 30 nitrogen and oxygen atoms in total. The van der Waals surface area contributed by atoms with Gasteiger partial charge in [-0.15, -0.1) is 43.8 Å². The van der Waals surface area contributed by atoms with Gasteiger partial charge in [0.2, 0.25) is 50.2 Å². The molecule has 112 heavy (non-hydrogen) atoms. The number of alkyl halides is 3. The Morgan fingerprint density at radius 3 is 1.19 bits per heavy atom. The summed E-state index contributed by atoms with van der Waals surface area (Å²) >= 11 is 9.18. The number of nitrogens with one attached hydrogen (secondary N) is 5. The summed E-state index contributed by atoms with van der Waals surface area (Å²) in [6.07, 6.45) is 8.06. The highest BCUT2D eigenvalue weighted by molar-refractivity contribution is 7.16. The molecule has 6 heterocycles. The van der Waals surface area contributed by atoms with Crippen molar-refractivity contribution in [1.29, 1.82) is 0 Å². The number of anilines is 6. The number of carbonyl (C=O) groups is 6. The van der Waals surface area contributed by atoms with E-state index in [0.29, 0.717) is 66.3 Å². The van der Waals surface area contributed by atoms with E-state index in [0.717, 1.165) is 107 Å². The third-order valence-electron chi connectivity index (χ3n) is 15.0. The number of carbonyl (C=O) groups excluding carboxylic acids is 6. The van der Waals surface area contributed by atoms with Crippen LogP contribution in [0.5, 0.6) is 5.75 Å². The number of unbranched alkanes of at least 4 members (excludes halogenated alkanes) is 3. The summed E-state index contributed by atoms with van der Waals surface area (Å²) in [5, 5.41) is 48.3. The largest absolute Gasteiger partial charge is 0.573 e. The van der Waals surface area contributed by atoms with Crippen LogP contribution in [0, 0.1) is 6.92 Å². The van der Waals surface area contributed by atoms with Crippen LogP contribution in [0.25, 0.3) is 0 Å². The van der Waals surface area contributed by atoms with Gasteiger partial charge in [0.15, 0.2) is 0 Å². The van der Waals surface area contributed by atoms with Crippen LogP contribution in [0.15, 0.2) is 191 Å². The molecule has 11 rings (SSSR count). The second kappa shape index (κ2) is 47.2. The second-order valence-electron chi connectivity index (χ2n) is 24.0. The Balaban J connectivity index is 0.000000239. The maximum Gasteiger partial charge on any atom is 0.573 e. The lowest BCUT2D eigenvalue weighted by molar-refractivity contribution is -0.274. The molecular formula is C75H83ClF3N19O11S3. The van der Waals surface area contributed by atoms with E-state index >= 15 is 0 Å². The third kappa shape index (κ3) is 34.3. The van der Waals surface area contributed by atoms with Crippen molar-refractivity contribution in [2.24, 2.45) is 0 Å². The number of nitrogen functional groups attached to an aromatic ring is 1. The van der Waals surface area contributed by atoms with Gasteiger partial charge in [0, 0.05) is 77.9 Å². The van der Waals surface area contributed by atoms with Crippen LogP contribution in [0.4, 0.5) is 46.0 Å². The van der Waals surface area contributed by atoms with Gasteiger partial charge in [-0.1, -0.05) is 167 Å². The Kier molecular flexibility index (Phi) is 37.5. The number of benzene rings is 5. The van der Waals surface area contributed by atoms with Crippen LogP contribution in [-0.4, -0.2) is 113 Å². The minimum Gasteiger partial charge on any atom is -0.406 e. The molecule has 0 radical (unpaired) electrons. The molecule has 0 aliphatic carbocycles. The highest BCUT2D eigenvalue weighted by atomic mass is 35.5. The Bertz CT molecular complexity index is 5000. The number of aryl methyl sites for hydroxylation is 7. The fourth-order valence-corrected chi connectivity index (χ4v) is 12.6. The van der Waals surface area contributed by atoms with Crippen molar-refractivity contribution in [3.05, 3.63) is 256 Å². The van der Waals surface area contributed by atoms with Crippen molar-refractivity contribution < 1.29 is 51.8 Å². The Hall–Kier alpha value is -12.0. The first-order valence-corrected chi connectivity index (χ1v) is 37.3. The predicted octanol–water partition coefficient (Wildman–Crippen LogP) is 10.6. The molecule has 6 aromatic heterocycles. The monoisotopic (exact) mass is 1610 g/mol. The SMILES string of the molecule is CC(=O)Nc1ccn(CCCCc2nnc(NC(=O)Cc3ccccc3)s2)c(=O)n1.CO.Cc1cccc(CC(=O)Nc2ccn(CCCCc3nnc(NC(=O)Cc4ccccc4)s3)c(=O)n2)c1.N.Nc1ccn(CCCCc2nnc(NC(=O)Cc3ccccc3)s2)c(=O)n1.O=C(Cl)Cc1cccc(OC(F)(F)F)c1. The molecular weight excluding hydrogens is 1530 g/mol. The van der Waals surface area contributed by atoms with E-state index < -0.39 is 23.0 Å². The van der Waals surface area contributed by atoms with Crippen LogP contribution < -0.4 is 60.3 Å². The lowest BCUT2D eigenvalue weighted by atomic mass is 10.1. The number of hydrogen-bond acceptors (Lipinski definition) is 25. The van der Waals surface area contributed by atoms with Gasteiger partial charge >= 0.3 is 23.4 Å². The number of ether oxygens (including phenoxy) is 1. The van der Waals surface area contributed by atoms with Crippen molar-refractivity contribution in [2.45, 2.75) is 130 Å². The first-order chi connectivity index (χ1) is 53.4. The van der Waals surface area contributed by atoms with Gasteiger partial charge in [-0.25, -0.2) is 14.4 Å².